The largest absolute Gasteiger partial charge is 0.356 e. The maximum atomic E-state index is 14.3. The third kappa shape index (κ3) is 2.86. The Balaban J connectivity index is 1.77. The highest BCUT2D eigenvalue weighted by Gasteiger charge is 2.27. The first-order chi connectivity index (χ1) is 12.4. The average Bonchev–Trinajstić information content (AvgIpc) is 3.01. The van der Waals surface area contributed by atoms with Crippen molar-refractivity contribution in [2.24, 2.45) is 5.41 Å². The number of nitrogens with one attached hydrogen (secondary N) is 1. The molecule has 1 aliphatic heterocycles. The smallest absolute Gasteiger partial charge is 0.262 e. The molecule has 1 aliphatic rings. The van der Waals surface area contributed by atoms with Gasteiger partial charge in [-0.25, -0.2) is 13.9 Å². The molecule has 8 heteroatoms. The molecule has 1 aromatic carbocycles. The Bertz CT molecular complexity index is 1030. The van der Waals surface area contributed by atoms with Crippen molar-refractivity contribution < 1.29 is 4.39 Å². The van der Waals surface area contributed by atoms with Crippen LogP contribution in [-0.4, -0.2) is 32.7 Å². The molecule has 0 spiro atoms. The molecule has 136 valence electrons. The highest BCUT2D eigenvalue weighted by molar-refractivity contribution is 6.31. The van der Waals surface area contributed by atoms with Crippen LogP contribution in [0.4, 0.5) is 10.2 Å². The van der Waals surface area contributed by atoms with Gasteiger partial charge in [-0.1, -0.05) is 31.5 Å². The number of aromatic amines is 1. The molecule has 0 atom stereocenters. The Morgan fingerprint density at radius 3 is 2.73 bits per heavy atom. The third-order valence-corrected chi connectivity index (χ3v) is 5.30. The minimum atomic E-state index is -0.614. The van der Waals surface area contributed by atoms with Crippen LogP contribution in [0.15, 0.2) is 29.1 Å². The number of halogens is 2. The minimum absolute atomic E-state index is 0.0211. The maximum absolute atomic E-state index is 14.3. The van der Waals surface area contributed by atoms with Crippen LogP contribution in [0.5, 0.6) is 0 Å². The summed E-state index contributed by atoms with van der Waals surface area (Å²) in [6, 6.07) is 6.08. The molecule has 0 unspecified atom stereocenters. The van der Waals surface area contributed by atoms with Crippen molar-refractivity contribution >= 4 is 23.2 Å². The Morgan fingerprint density at radius 1 is 1.27 bits per heavy atom. The van der Waals surface area contributed by atoms with Crippen molar-refractivity contribution in [3.8, 4) is 11.4 Å². The van der Waals surface area contributed by atoms with E-state index in [4.69, 9.17) is 11.6 Å². The van der Waals surface area contributed by atoms with Gasteiger partial charge in [0.15, 0.2) is 11.6 Å². The predicted octanol–water partition coefficient (Wildman–Crippen LogP) is 3.50. The molecule has 0 amide bonds. The van der Waals surface area contributed by atoms with Crippen LogP contribution < -0.4 is 10.5 Å². The summed E-state index contributed by atoms with van der Waals surface area (Å²) < 4.78 is 15.6. The van der Waals surface area contributed by atoms with Gasteiger partial charge >= 0.3 is 0 Å². The number of benzene rings is 1. The zero-order valence-corrected chi connectivity index (χ0v) is 15.3. The van der Waals surface area contributed by atoms with E-state index in [1.54, 1.807) is 6.07 Å². The molecule has 0 radical (unpaired) electrons. The monoisotopic (exact) mass is 375 g/mol. The standard InChI is InChI=1S/C18H19ClFN5O/c1-18(2)6-8-24(9-7-18)13-10-14(26)25-16(22-23-17(25)21-13)11-4-3-5-12(19)15(11)20/h3-5,10H,6-9H2,1-2H3,(H,21,23). The van der Waals surface area contributed by atoms with Gasteiger partial charge in [-0.15, -0.1) is 0 Å². The molecular formula is C18H19ClFN5O. The normalized spacial score (nSPS) is 17.0. The molecule has 3 heterocycles. The van der Waals surface area contributed by atoms with Gasteiger partial charge < -0.3 is 4.90 Å². The number of hydrogen-bond donors (Lipinski definition) is 1. The van der Waals surface area contributed by atoms with Crippen molar-refractivity contribution in [3.63, 3.8) is 0 Å². The second-order valence-corrected chi connectivity index (χ2v) is 7.82. The van der Waals surface area contributed by atoms with Crippen LogP contribution in [0, 0.1) is 11.2 Å². The van der Waals surface area contributed by atoms with E-state index in [2.05, 4.69) is 33.9 Å². The third-order valence-electron chi connectivity index (χ3n) is 5.01. The minimum Gasteiger partial charge on any atom is -0.356 e. The van der Waals surface area contributed by atoms with Crippen molar-refractivity contribution in [1.29, 1.82) is 0 Å². The Kier molecular flexibility index (Phi) is 3.99. The number of piperidine rings is 1. The summed E-state index contributed by atoms with van der Waals surface area (Å²) >= 11 is 5.85. The van der Waals surface area contributed by atoms with E-state index < -0.39 is 5.82 Å². The number of anilines is 1. The van der Waals surface area contributed by atoms with Gasteiger partial charge in [-0.3, -0.25) is 4.79 Å². The van der Waals surface area contributed by atoms with Crippen LogP contribution in [0.3, 0.4) is 0 Å². The van der Waals surface area contributed by atoms with Gasteiger partial charge in [0.1, 0.15) is 5.82 Å². The summed E-state index contributed by atoms with van der Waals surface area (Å²) in [6.07, 6.45) is 2.08. The molecule has 0 bridgehead atoms. The van der Waals surface area contributed by atoms with Crippen molar-refractivity contribution in [2.45, 2.75) is 26.7 Å². The zero-order chi connectivity index (χ0) is 18.5. The number of H-pyrrole nitrogens is 1. The predicted molar refractivity (Wildman–Crippen MR) is 99.2 cm³/mol. The van der Waals surface area contributed by atoms with Gasteiger partial charge in [0.2, 0.25) is 5.78 Å². The lowest BCUT2D eigenvalue weighted by Gasteiger charge is -2.37. The van der Waals surface area contributed by atoms with Crippen LogP contribution >= 0.6 is 11.6 Å². The molecule has 3 aromatic rings. The topological polar surface area (TPSA) is 66.3 Å². The lowest BCUT2D eigenvalue weighted by Crippen LogP contribution is -2.38. The fraction of sp³-hybridized carbons (Fsp3) is 0.389. The first-order valence-corrected chi connectivity index (χ1v) is 8.91. The molecular weight excluding hydrogens is 357 g/mol. The average molecular weight is 376 g/mol. The van der Waals surface area contributed by atoms with Gasteiger partial charge in [0.25, 0.3) is 5.56 Å². The van der Waals surface area contributed by atoms with E-state index in [0.29, 0.717) is 11.2 Å². The van der Waals surface area contributed by atoms with Crippen LogP contribution in [-0.2, 0) is 0 Å². The molecule has 0 aliphatic carbocycles. The second kappa shape index (κ2) is 6.09. The second-order valence-electron chi connectivity index (χ2n) is 7.41. The highest BCUT2D eigenvalue weighted by Crippen LogP contribution is 2.31. The number of aromatic nitrogens is 4. The molecule has 1 fully saturated rings. The molecule has 1 N–H and O–H groups in total. The van der Waals surface area contributed by atoms with Gasteiger partial charge in [-0.2, -0.15) is 10.1 Å². The molecule has 6 nitrogen and oxygen atoms in total. The fourth-order valence-corrected chi connectivity index (χ4v) is 3.44. The number of fused-ring (bicyclic) bond motifs is 1. The van der Waals surface area contributed by atoms with Crippen LogP contribution in [0.1, 0.15) is 26.7 Å². The Labute approximate surface area is 154 Å². The summed E-state index contributed by atoms with van der Waals surface area (Å²) in [5, 5.41) is 6.81. The first kappa shape index (κ1) is 17.0. The lowest BCUT2D eigenvalue weighted by atomic mass is 9.83. The molecule has 2 aromatic heterocycles. The zero-order valence-electron chi connectivity index (χ0n) is 14.6. The number of nitrogens with zero attached hydrogens (tertiary/aromatic N) is 4. The van der Waals surface area contributed by atoms with Gasteiger partial charge in [0.05, 0.1) is 10.6 Å². The fourth-order valence-electron chi connectivity index (χ4n) is 3.26. The van der Waals surface area contributed by atoms with Crippen LogP contribution in [0.25, 0.3) is 17.2 Å². The Hall–Kier alpha value is -2.41. The van der Waals surface area contributed by atoms with Gasteiger partial charge in [0, 0.05) is 19.2 Å². The van der Waals surface area contributed by atoms with E-state index in [9.17, 15) is 9.18 Å². The van der Waals surface area contributed by atoms with E-state index >= 15 is 0 Å². The Morgan fingerprint density at radius 2 is 2.00 bits per heavy atom. The van der Waals surface area contributed by atoms with Crippen LogP contribution in [0.2, 0.25) is 5.02 Å². The summed E-state index contributed by atoms with van der Waals surface area (Å²) in [6.45, 7) is 6.19. The molecule has 1 saturated heterocycles. The highest BCUT2D eigenvalue weighted by atomic mass is 35.5. The molecule has 26 heavy (non-hydrogen) atoms. The van der Waals surface area contributed by atoms with E-state index in [0.717, 1.165) is 25.9 Å². The summed E-state index contributed by atoms with van der Waals surface area (Å²) in [4.78, 5) is 19.3. The first-order valence-electron chi connectivity index (χ1n) is 8.53. The maximum Gasteiger partial charge on any atom is 0.262 e. The number of rotatable bonds is 2. The van der Waals surface area contributed by atoms with Gasteiger partial charge in [-0.05, 0) is 30.4 Å². The summed E-state index contributed by atoms with van der Waals surface area (Å²) in [5.74, 6) is 0.444. The molecule has 0 saturated carbocycles. The SMILES string of the molecule is CC1(C)CCN(c2cc(=O)n3c(-c4cccc(Cl)c4F)n[nH]c3n2)CC1. The summed E-state index contributed by atoms with van der Waals surface area (Å²) in [5.41, 5.74) is 0.152. The van der Waals surface area contributed by atoms with Crippen molar-refractivity contribution in [1.82, 2.24) is 19.6 Å². The number of hydrogen-bond acceptors (Lipinski definition) is 4. The van der Waals surface area contributed by atoms with Crippen molar-refractivity contribution in [2.75, 3.05) is 18.0 Å². The van der Waals surface area contributed by atoms with E-state index in [-0.39, 0.29) is 27.7 Å². The summed E-state index contributed by atoms with van der Waals surface area (Å²) in [7, 11) is 0. The van der Waals surface area contributed by atoms with E-state index in [1.807, 2.05) is 0 Å². The lowest BCUT2D eigenvalue weighted by molar-refractivity contribution is 0.279. The van der Waals surface area contributed by atoms with E-state index in [1.165, 1.54) is 22.6 Å². The quantitative estimate of drug-likeness (QED) is 0.744. The van der Waals surface area contributed by atoms with Crippen molar-refractivity contribution in [3.05, 3.63) is 45.5 Å². The molecule has 4 rings (SSSR count).